The standard InChI is InChI=1S/C24H22FN3O3/c1-3-8-26-20(29)11-17-18-10-15(9-14-4-6-16(25)7-5-14)12-27-22(18)23(30)21-19(17)13-28(2)24(21)31/h1,4-7,10,15,30H,8-9,11-13H2,2H3,(H,26,29). The molecule has 2 aliphatic heterocycles. The van der Waals surface area contributed by atoms with Gasteiger partial charge in [0, 0.05) is 31.3 Å². The Morgan fingerprint density at radius 3 is 2.84 bits per heavy atom. The number of aromatic hydroxyl groups is 1. The largest absolute Gasteiger partial charge is 0.505 e. The first-order valence-electron chi connectivity index (χ1n) is 10.0. The summed E-state index contributed by atoms with van der Waals surface area (Å²) in [6.07, 6.45) is 7.91. The molecule has 0 aromatic heterocycles. The molecule has 2 aromatic rings. The lowest BCUT2D eigenvalue weighted by atomic mass is 9.90. The molecule has 0 radical (unpaired) electrons. The van der Waals surface area contributed by atoms with Gasteiger partial charge in [-0.15, -0.1) is 6.42 Å². The van der Waals surface area contributed by atoms with Gasteiger partial charge in [-0.1, -0.05) is 24.1 Å². The molecule has 2 aliphatic rings. The van der Waals surface area contributed by atoms with Gasteiger partial charge in [0.15, 0.2) is 5.75 Å². The maximum Gasteiger partial charge on any atom is 0.258 e. The van der Waals surface area contributed by atoms with E-state index in [1.54, 1.807) is 19.2 Å². The second kappa shape index (κ2) is 8.23. The number of halogens is 1. The van der Waals surface area contributed by atoms with Crippen LogP contribution in [0.1, 0.15) is 27.0 Å². The van der Waals surface area contributed by atoms with Crippen LogP contribution in [-0.2, 0) is 24.2 Å². The van der Waals surface area contributed by atoms with Crippen molar-refractivity contribution in [2.75, 3.05) is 20.1 Å². The minimum atomic E-state index is -0.291. The SMILES string of the molecule is C#CCNC(=O)Cc1c2c(c(O)c3c1=CC(Cc1ccc(F)cc1)CN=3)C(=O)N(C)C2. The van der Waals surface area contributed by atoms with Crippen molar-refractivity contribution in [3.63, 3.8) is 0 Å². The Labute approximate surface area is 179 Å². The second-order valence-corrected chi connectivity index (χ2v) is 7.86. The van der Waals surface area contributed by atoms with Gasteiger partial charge in [-0.3, -0.25) is 14.6 Å². The summed E-state index contributed by atoms with van der Waals surface area (Å²) in [5.41, 5.74) is 2.51. The number of carbonyl (C=O) groups is 2. The van der Waals surface area contributed by atoms with Crippen LogP contribution in [0.3, 0.4) is 0 Å². The molecule has 0 bridgehead atoms. The molecular weight excluding hydrogens is 397 g/mol. The fourth-order valence-corrected chi connectivity index (χ4v) is 4.21. The van der Waals surface area contributed by atoms with Crippen LogP contribution < -0.4 is 15.9 Å². The highest BCUT2D eigenvalue weighted by molar-refractivity contribution is 6.01. The number of amides is 2. The van der Waals surface area contributed by atoms with E-state index in [0.717, 1.165) is 5.56 Å². The molecule has 0 fully saturated rings. The average molecular weight is 419 g/mol. The minimum Gasteiger partial charge on any atom is -0.505 e. The smallest absolute Gasteiger partial charge is 0.258 e. The molecule has 0 spiro atoms. The molecule has 1 atom stereocenters. The quantitative estimate of drug-likeness (QED) is 0.700. The fraction of sp³-hybridized carbons (Fsp3) is 0.292. The summed E-state index contributed by atoms with van der Waals surface area (Å²) in [4.78, 5) is 31.1. The number of hydrogen-bond acceptors (Lipinski definition) is 4. The Balaban J connectivity index is 1.80. The maximum atomic E-state index is 13.2. The van der Waals surface area contributed by atoms with E-state index in [1.807, 2.05) is 6.08 Å². The first-order chi connectivity index (χ1) is 14.9. The minimum absolute atomic E-state index is 0.0118. The van der Waals surface area contributed by atoms with Gasteiger partial charge in [0.1, 0.15) is 11.2 Å². The molecule has 158 valence electrons. The van der Waals surface area contributed by atoms with Crippen LogP contribution >= 0.6 is 0 Å². The van der Waals surface area contributed by atoms with Crippen molar-refractivity contribution in [2.24, 2.45) is 10.9 Å². The highest BCUT2D eigenvalue weighted by Gasteiger charge is 2.33. The number of nitrogens with one attached hydrogen (secondary N) is 1. The normalized spacial score (nSPS) is 16.6. The molecule has 2 N–H and O–H groups in total. The lowest BCUT2D eigenvalue weighted by molar-refractivity contribution is -0.120. The first-order valence-corrected chi connectivity index (χ1v) is 10.0. The van der Waals surface area contributed by atoms with E-state index in [9.17, 15) is 19.1 Å². The lowest BCUT2D eigenvalue weighted by Gasteiger charge is -2.18. The van der Waals surface area contributed by atoms with Crippen LogP contribution in [0.5, 0.6) is 5.75 Å². The van der Waals surface area contributed by atoms with E-state index in [0.29, 0.717) is 41.2 Å². The molecule has 2 heterocycles. The summed E-state index contributed by atoms with van der Waals surface area (Å²) < 4.78 is 13.2. The molecule has 31 heavy (non-hydrogen) atoms. The maximum absolute atomic E-state index is 13.2. The average Bonchev–Trinajstić information content (AvgIpc) is 3.05. The van der Waals surface area contributed by atoms with Crippen molar-refractivity contribution in [2.45, 2.75) is 19.4 Å². The van der Waals surface area contributed by atoms with E-state index in [2.05, 4.69) is 16.2 Å². The number of carbonyl (C=O) groups excluding carboxylic acids is 2. The molecule has 2 aromatic carbocycles. The predicted molar refractivity (Wildman–Crippen MR) is 113 cm³/mol. The monoisotopic (exact) mass is 419 g/mol. The second-order valence-electron chi connectivity index (χ2n) is 7.86. The Morgan fingerprint density at radius 1 is 1.39 bits per heavy atom. The van der Waals surface area contributed by atoms with Crippen LogP contribution in [0.2, 0.25) is 0 Å². The molecule has 7 heteroatoms. The van der Waals surface area contributed by atoms with E-state index in [1.165, 1.54) is 17.0 Å². The molecule has 1 unspecified atom stereocenters. The van der Waals surface area contributed by atoms with Crippen LogP contribution in [0.4, 0.5) is 4.39 Å². The lowest BCUT2D eigenvalue weighted by Crippen LogP contribution is -2.39. The van der Waals surface area contributed by atoms with Crippen molar-refractivity contribution in [3.8, 4) is 18.1 Å². The van der Waals surface area contributed by atoms with Crippen LogP contribution in [-0.4, -0.2) is 42.0 Å². The zero-order valence-electron chi connectivity index (χ0n) is 17.1. The summed E-state index contributed by atoms with van der Waals surface area (Å²) in [7, 11) is 1.65. The van der Waals surface area contributed by atoms with Crippen molar-refractivity contribution in [3.05, 3.63) is 62.9 Å². The van der Waals surface area contributed by atoms with Gasteiger partial charge < -0.3 is 15.3 Å². The number of phenols is 1. The summed E-state index contributed by atoms with van der Waals surface area (Å²) in [6.45, 7) is 0.841. The Morgan fingerprint density at radius 2 is 2.13 bits per heavy atom. The predicted octanol–water partition coefficient (Wildman–Crippen LogP) is 0.681. The summed E-state index contributed by atoms with van der Waals surface area (Å²) in [6, 6.07) is 6.32. The zero-order valence-corrected chi connectivity index (χ0v) is 17.1. The van der Waals surface area contributed by atoms with Crippen LogP contribution in [0, 0.1) is 24.1 Å². The molecule has 0 saturated heterocycles. The van der Waals surface area contributed by atoms with Gasteiger partial charge >= 0.3 is 0 Å². The van der Waals surface area contributed by atoms with Gasteiger partial charge in [0.05, 0.1) is 18.5 Å². The number of hydrogen-bond donors (Lipinski definition) is 2. The zero-order chi connectivity index (χ0) is 22.1. The third-order valence-electron chi connectivity index (χ3n) is 5.69. The first kappa shape index (κ1) is 20.6. The molecule has 4 rings (SSSR count). The molecule has 0 saturated carbocycles. The summed E-state index contributed by atoms with van der Waals surface area (Å²) in [5.74, 6) is 1.41. The van der Waals surface area contributed by atoms with Crippen LogP contribution in [0.15, 0.2) is 29.3 Å². The van der Waals surface area contributed by atoms with Crippen molar-refractivity contribution >= 4 is 17.9 Å². The van der Waals surface area contributed by atoms with Crippen molar-refractivity contribution in [1.82, 2.24) is 10.2 Å². The Bertz CT molecular complexity index is 1230. The number of nitrogens with zero attached hydrogens (tertiary/aromatic N) is 2. The number of fused-ring (bicyclic) bond motifs is 2. The van der Waals surface area contributed by atoms with Crippen LogP contribution in [0.25, 0.3) is 6.08 Å². The van der Waals surface area contributed by atoms with E-state index >= 15 is 0 Å². The third-order valence-corrected chi connectivity index (χ3v) is 5.69. The van der Waals surface area contributed by atoms with Gasteiger partial charge in [0.2, 0.25) is 5.91 Å². The molecule has 6 nitrogen and oxygen atoms in total. The van der Waals surface area contributed by atoms with Gasteiger partial charge in [0.25, 0.3) is 5.91 Å². The highest BCUT2D eigenvalue weighted by Crippen LogP contribution is 2.29. The Kier molecular flexibility index (Phi) is 5.47. The van der Waals surface area contributed by atoms with E-state index in [4.69, 9.17) is 6.42 Å². The fourth-order valence-electron chi connectivity index (χ4n) is 4.21. The number of terminal acetylenes is 1. The molecule has 2 amide bonds. The topological polar surface area (TPSA) is 82.0 Å². The molecular formula is C24H22FN3O3. The third kappa shape index (κ3) is 3.89. The van der Waals surface area contributed by atoms with E-state index < -0.39 is 0 Å². The number of phenolic OH excluding ortho intramolecular Hbond substituents is 1. The van der Waals surface area contributed by atoms with Gasteiger partial charge in [-0.25, -0.2) is 4.39 Å². The van der Waals surface area contributed by atoms with Crippen molar-refractivity contribution < 1.29 is 19.1 Å². The highest BCUT2D eigenvalue weighted by atomic mass is 19.1. The Hall–Kier alpha value is -3.66. The summed E-state index contributed by atoms with van der Waals surface area (Å²) >= 11 is 0. The van der Waals surface area contributed by atoms with Crippen molar-refractivity contribution in [1.29, 1.82) is 0 Å². The molecule has 0 aliphatic carbocycles. The number of rotatable bonds is 5. The van der Waals surface area contributed by atoms with Gasteiger partial charge in [-0.05, 0) is 35.2 Å². The summed E-state index contributed by atoms with van der Waals surface area (Å²) in [5, 5.41) is 14.5. The van der Waals surface area contributed by atoms with E-state index in [-0.39, 0.29) is 47.8 Å². The number of benzene rings is 2. The van der Waals surface area contributed by atoms with Gasteiger partial charge in [-0.2, -0.15) is 0 Å².